The van der Waals surface area contributed by atoms with Crippen molar-refractivity contribution < 1.29 is 9.90 Å². The quantitative estimate of drug-likeness (QED) is 0.813. The lowest BCUT2D eigenvalue weighted by atomic mass is 9.98. The molecule has 0 radical (unpaired) electrons. The number of Topliss-reactive ketones (excluding diaryl/α,β-unsaturated/α-hetero) is 1. The maximum Gasteiger partial charge on any atom is 0.161 e. The molecule has 4 heteroatoms. The molecule has 1 N–H and O–H groups in total. The number of nitrogens with zero attached hydrogens (tertiary/aromatic N) is 2. The minimum atomic E-state index is -0.437. The molecule has 0 aromatic carbocycles. The van der Waals surface area contributed by atoms with Gasteiger partial charge in [0, 0.05) is 37.6 Å². The molecule has 112 valence electrons. The van der Waals surface area contributed by atoms with E-state index >= 15 is 0 Å². The van der Waals surface area contributed by atoms with E-state index in [0.717, 1.165) is 56.5 Å². The molecule has 1 aromatic heterocycles. The first kappa shape index (κ1) is 15.3. The standard InChI is InChI=1S/C16H26N2O2/c1-13(19)14-10-15(18(3)11-14)12-17(2)9-8-16(20)6-4-5-7-16/h10-11,20H,4-9,12H2,1-3H3. The van der Waals surface area contributed by atoms with Gasteiger partial charge in [0.2, 0.25) is 0 Å². The summed E-state index contributed by atoms with van der Waals surface area (Å²) in [6, 6.07) is 1.96. The van der Waals surface area contributed by atoms with Gasteiger partial charge in [-0.25, -0.2) is 0 Å². The minimum absolute atomic E-state index is 0.106. The van der Waals surface area contributed by atoms with Crippen molar-refractivity contribution in [2.24, 2.45) is 7.05 Å². The fraction of sp³-hybridized carbons (Fsp3) is 0.688. The summed E-state index contributed by atoms with van der Waals surface area (Å²) in [5.74, 6) is 0.106. The highest BCUT2D eigenvalue weighted by Crippen LogP contribution is 2.32. The van der Waals surface area contributed by atoms with Crippen molar-refractivity contribution in [1.29, 1.82) is 0 Å². The van der Waals surface area contributed by atoms with Crippen LogP contribution in [0, 0.1) is 0 Å². The lowest BCUT2D eigenvalue weighted by Gasteiger charge is -2.25. The summed E-state index contributed by atoms with van der Waals surface area (Å²) in [5.41, 5.74) is 1.47. The molecule has 1 heterocycles. The van der Waals surface area contributed by atoms with E-state index in [0.29, 0.717) is 0 Å². The van der Waals surface area contributed by atoms with Crippen molar-refractivity contribution >= 4 is 5.78 Å². The molecular formula is C16H26N2O2. The molecule has 0 saturated heterocycles. The monoisotopic (exact) mass is 278 g/mol. The minimum Gasteiger partial charge on any atom is -0.390 e. The van der Waals surface area contributed by atoms with Gasteiger partial charge in [0.1, 0.15) is 0 Å². The van der Waals surface area contributed by atoms with Crippen molar-refractivity contribution in [3.63, 3.8) is 0 Å². The summed E-state index contributed by atoms with van der Waals surface area (Å²) in [6.45, 7) is 3.29. The molecule has 1 saturated carbocycles. The van der Waals surface area contributed by atoms with Crippen molar-refractivity contribution in [2.75, 3.05) is 13.6 Å². The summed E-state index contributed by atoms with van der Waals surface area (Å²) in [6.07, 6.45) is 6.92. The van der Waals surface area contributed by atoms with E-state index in [1.807, 2.05) is 23.9 Å². The average molecular weight is 278 g/mol. The predicted molar refractivity (Wildman–Crippen MR) is 79.8 cm³/mol. The fourth-order valence-electron chi connectivity index (χ4n) is 3.00. The zero-order valence-corrected chi connectivity index (χ0v) is 12.9. The summed E-state index contributed by atoms with van der Waals surface area (Å²) in [4.78, 5) is 13.6. The Labute approximate surface area is 121 Å². The van der Waals surface area contributed by atoms with Crippen LogP contribution in [0.3, 0.4) is 0 Å². The Bertz CT molecular complexity index is 473. The van der Waals surface area contributed by atoms with Crippen LogP contribution in [0.1, 0.15) is 55.1 Å². The second kappa shape index (κ2) is 6.10. The van der Waals surface area contributed by atoms with E-state index in [1.54, 1.807) is 6.92 Å². The normalized spacial score (nSPS) is 17.9. The Kier molecular flexibility index (Phi) is 4.66. The lowest BCUT2D eigenvalue weighted by molar-refractivity contribution is 0.0296. The van der Waals surface area contributed by atoms with E-state index in [2.05, 4.69) is 11.9 Å². The molecule has 1 fully saturated rings. The third kappa shape index (κ3) is 3.70. The van der Waals surface area contributed by atoms with E-state index < -0.39 is 5.60 Å². The van der Waals surface area contributed by atoms with Crippen molar-refractivity contribution in [2.45, 2.75) is 51.2 Å². The largest absolute Gasteiger partial charge is 0.390 e. The van der Waals surface area contributed by atoms with Gasteiger partial charge in [-0.3, -0.25) is 4.79 Å². The maximum absolute atomic E-state index is 11.4. The highest BCUT2D eigenvalue weighted by Gasteiger charge is 2.30. The first-order valence-electron chi connectivity index (χ1n) is 7.47. The predicted octanol–water partition coefficient (Wildman–Crippen LogP) is 2.35. The number of carbonyl (C=O) groups is 1. The van der Waals surface area contributed by atoms with Crippen molar-refractivity contribution in [3.05, 3.63) is 23.5 Å². The number of hydrogen-bond acceptors (Lipinski definition) is 3. The van der Waals surface area contributed by atoms with Gasteiger partial charge in [-0.05, 0) is 39.3 Å². The van der Waals surface area contributed by atoms with E-state index in [1.165, 1.54) is 0 Å². The molecule has 0 unspecified atom stereocenters. The average Bonchev–Trinajstić information content (AvgIpc) is 2.96. The van der Waals surface area contributed by atoms with E-state index in [-0.39, 0.29) is 5.78 Å². The van der Waals surface area contributed by atoms with E-state index in [4.69, 9.17) is 0 Å². The second-order valence-electron chi connectivity index (χ2n) is 6.31. The summed E-state index contributed by atoms with van der Waals surface area (Å²) < 4.78 is 2.01. The highest BCUT2D eigenvalue weighted by atomic mass is 16.3. The smallest absolute Gasteiger partial charge is 0.161 e. The van der Waals surface area contributed by atoms with Gasteiger partial charge in [-0.15, -0.1) is 0 Å². The number of aromatic nitrogens is 1. The van der Waals surface area contributed by atoms with Crippen molar-refractivity contribution in [3.8, 4) is 0 Å². The van der Waals surface area contributed by atoms with Gasteiger partial charge in [-0.1, -0.05) is 12.8 Å². The molecule has 20 heavy (non-hydrogen) atoms. The van der Waals surface area contributed by atoms with E-state index in [9.17, 15) is 9.90 Å². The van der Waals surface area contributed by atoms with Crippen LogP contribution in [0.2, 0.25) is 0 Å². The topological polar surface area (TPSA) is 45.5 Å². The van der Waals surface area contributed by atoms with Gasteiger partial charge in [-0.2, -0.15) is 0 Å². The van der Waals surface area contributed by atoms with Crippen LogP contribution < -0.4 is 0 Å². The second-order valence-corrected chi connectivity index (χ2v) is 6.31. The van der Waals surface area contributed by atoms with Gasteiger partial charge in [0.05, 0.1) is 5.60 Å². The number of carbonyl (C=O) groups excluding carboxylic acids is 1. The van der Waals surface area contributed by atoms with Crippen LogP contribution in [-0.4, -0.2) is 39.6 Å². The SMILES string of the molecule is CC(=O)c1cc(CN(C)CCC2(O)CCCC2)n(C)c1. The molecule has 4 nitrogen and oxygen atoms in total. The van der Waals surface area contributed by atoms with Crippen LogP contribution >= 0.6 is 0 Å². The highest BCUT2D eigenvalue weighted by molar-refractivity contribution is 5.94. The number of rotatable bonds is 6. The number of ketones is 1. The Balaban J connectivity index is 1.87. The molecule has 0 amide bonds. The van der Waals surface area contributed by atoms with Crippen LogP contribution in [0.4, 0.5) is 0 Å². The van der Waals surface area contributed by atoms with Crippen LogP contribution in [-0.2, 0) is 13.6 Å². The Hall–Kier alpha value is -1.13. The molecule has 0 aliphatic heterocycles. The maximum atomic E-state index is 11.4. The Morgan fingerprint density at radius 2 is 2.10 bits per heavy atom. The summed E-state index contributed by atoms with van der Waals surface area (Å²) in [7, 11) is 4.04. The first-order valence-corrected chi connectivity index (χ1v) is 7.47. The summed E-state index contributed by atoms with van der Waals surface area (Å²) >= 11 is 0. The number of hydrogen-bond donors (Lipinski definition) is 1. The zero-order chi connectivity index (χ0) is 14.8. The summed E-state index contributed by atoms with van der Waals surface area (Å²) in [5, 5.41) is 10.4. The third-order valence-corrected chi connectivity index (χ3v) is 4.44. The van der Waals surface area contributed by atoms with Crippen LogP contribution in [0.5, 0.6) is 0 Å². The molecule has 2 rings (SSSR count). The molecular weight excluding hydrogens is 252 g/mol. The Morgan fingerprint density at radius 3 is 2.65 bits per heavy atom. The third-order valence-electron chi connectivity index (χ3n) is 4.44. The van der Waals surface area contributed by atoms with Gasteiger partial charge in [0.15, 0.2) is 5.78 Å². The molecule has 1 aliphatic carbocycles. The van der Waals surface area contributed by atoms with Gasteiger partial charge >= 0.3 is 0 Å². The Morgan fingerprint density at radius 1 is 1.45 bits per heavy atom. The fourth-order valence-corrected chi connectivity index (χ4v) is 3.00. The molecule has 0 bridgehead atoms. The zero-order valence-electron chi connectivity index (χ0n) is 12.9. The van der Waals surface area contributed by atoms with Gasteiger partial charge in [0.25, 0.3) is 0 Å². The van der Waals surface area contributed by atoms with Crippen LogP contribution in [0.15, 0.2) is 12.3 Å². The van der Waals surface area contributed by atoms with Crippen LogP contribution in [0.25, 0.3) is 0 Å². The molecule has 1 aliphatic rings. The molecule has 1 aromatic rings. The molecule has 0 spiro atoms. The number of aryl methyl sites for hydroxylation is 1. The lowest BCUT2D eigenvalue weighted by Crippen LogP contribution is -2.31. The molecule has 0 atom stereocenters. The van der Waals surface area contributed by atoms with Crippen molar-refractivity contribution in [1.82, 2.24) is 9.47 Å². The first-order chi connectivity index (χ1) is 9.39. The number of aliphatic hydroxyl groups is 1. The van der Waals surface area contributed by atoms with Gasteiger partial charge < -0.3 is 14.6 Å².